The quantitative estimate of drug-likeness (QED) is 0.229. The molecule has 7 heteroatoms. The monoisotopic (exact) mass is 528 g/mol. The van der Waals surface area contributed by atoms with E-state index in [9.17, 15) is 0 Å². The average molecular weight is 529 g/mol. The Labute approximate surface area is 231 Å². The molecule has 0 saturated carbocycles. The van der Waals surface area contributed by atoms with Gasteiger partial charge in [-0.1, -0.05) is 54.6 Å². The van der Waals surface area contributed by atoms with E-state index < -0.39 is 0 Å². The molecule has 0 bridgehead atoms. The van der Waals surface area contributed by atoms with Gasteiger partial charge in [-0.05, 0) is 66.7 Å². The van der Waals surface area contributed by atoms with Gasteiger partial charge in [0, 0.05) is 11.1 Å². The Morgan fingerprint density at radius 1 is 0.488 bits per heavy atom. The van der Waals surface area contributed by atoms with E-state index in [2.05, 4.69) is 109 Å². The van der Waals surface area contributed by atoms with Gasteiger partial charge in [0.2, 0.25) is 17.3 Å². The third kappa shape index (κ3) is 2.62. The van der Waals surface area contributed by atoms with E-state index in [0.717, 1.165) is 78.2 Å². The zero-order valence-electron chi connectivity index (χ0n) is 21.6. The van der Waals surface area contributed by atoms with E-state index in [1.54, 1.807) is 0 Å². The number of rotatable bonds is 2. The minimum atomic E-state index is 0.771. The van der Waals surface area contributed by atoms with E-state index in [-0.39, 0.29) is 0 Å². The Kier molecular flexibility index (Phi) is 3.81. The molecule has 0 radical (unpaired) electrons. The molecule has 0 spiro atoms. The van der Waals surface area contributed by atoms with Crippen molar-refractivity contribution >= 4 is 66.9 Å². The maximum atomic E-state index is 6.54. The molecule has 0 N–H and O–H groups in total. The molecule has 5 aromatic heterocycles. The van der Waals surface area contributed by atoms with Crippen molar-refractivity contribution in [1.29, 1.82) is 0 Å². The van der Waals surface area contributed by atoms with Gasteiger partial charge in [-0.2, -0.15) is 0 Å². The molecule has 0 amide bonds. The summed E-state index contributed by atoms with van der Waals surface area (Å²) in [7, 11) is 0. The topological polar surface area (TPSA) is 57.6 Å². The summed E-state index contributed by atoms with van der Waals surface area (Å²) in [5.41, 5.74) is 10.8. The van der Waals surface area contributed by atoms with Gasteiger partial charge in [0.25, 0.3) is 0 Å². The number of fused-ring (bicyclic) bond motifs is 12. The highest BCUT2D eigenvalue weighted by Gasteiger charge is 2.24. The van der Waals surface area contributed by atoms with Gasteiger partial charge in [0.1, 0.15) is 11.1 Å². The van der Waals surface area contributed by atoms with Gasteiger partial charge in [0.15, 0.2) is 0 Å². The summed E-state index contributed by atoms with van der Waals surface area (Å²) in [5.74, 6) is 1.70. The molecule has 0 atom stereocenters. The van der Waals surface area contributed by atoms with Gasteiger partial charge < -0.3 is 4.42 Å². The average Bonchev–Trinajstić information content (AvgIpc) is 3.79. The van der Waals surface area contributed by atoms with Crippen molar-refractivity contribution < 1.29 is 4.42 Å². The first kappa shape index (κ1) is 21.1. The summed E-state index contributed by atoms with van der Waals surface area (Å²) in [6, 6.07) is 41.7. The molecular weight excluding hydrogens is 508 g/mol. The second kappa shape index (κ2) is 7.43. The van der Waals surface area contributed by atoms with Crippen molar-refractivity contribution in [3.8, 4) is 11.4 Å². The number of aromatic nitrogens is 6. The molecule has 10 aromatic rings. The highest BCUT2D eigenvalue weighted by Crippen LogP contribution is 2.37. The van der Waals surface area contributed by atoms with Crippen LogP contribution in [0.1, 0.15) is 0 Å². The summed E-state index contributed by atoms with van der Waals surface area (Å²) < 4.78 is 15.4. The third-order valence-corrected chi connectivity index (χ3v) is 8.18. The van der Waals surface area contributed by atoms with Crippen LogP contribution in [0.2, 0.25) is 0 Å². The van der Waals surface area contributed by atoms with Crippen molar-refractivity contribution in [2.24, 2.45) is 0 Å². The predicted molar refractivity (Wildman–Crippen MR) is 162 cm³/mol. The molecule has 0 saturated heterocycles. The van der Waals surface area contributed by atoms with Crippen molar-refractivity contribution in [2.45, 2.75) is 0 Å². The van der Waals surface area contributed by atoms with Crippen LogP contribution in [-0.2, 0) is 0 Å². The minimum Gasteiger partial charge on any atom is -0.437 e. The van der Waals surface area contributed by atoms with Crippen LogP contribution in [0.25, 0.3) is 78.2 Å². The molecule has 0 aliphatic rings. The number of furan rings is 1. The van der Waals surface area contributed by atoms with Crippen LogP contribution in [0, 0.1) is 0 Å². The summed E-state index contributed by atoms with van der Waals surface area (Å²) in [6.07, 6.45) is 0. The second-order valence-corrected chi connectivity index (χ2v) is 10.4. The smallest absolute Gasteiger partial charge is 0.232 e. The SMILES string of the molecule is c1ccc(-n2c3ccc(-n4c5oc6ccccc6c5n5c6ccccc6nc45)cc3n3c4ccccc4nc23)cc1. The van der Waals surface area contributed by atoms with E-state index >= 15 is 0 Å². The van der Waals surface area contributed by atoms with Crippen molar-refractivity contribution in [1.82, 2.24) is 27.9 Å². The summed E-state index contributed by atoms with van der Waals surface area (Å²) in [6.45, 7) is 0. The van der Waals surface area contributed by atoms with E-state index in [1.807, 2.05) is 30.3 Å². The number of nitrogens with zero attached hydrogens (tertiary/aromatic N) is 6. The summed E-state index contributed by atoms with van der Waals surface area (Å²) in [4.78, 5) is 10.1. The lowest BCUT2D eigenvalue weighted by molar-refractivity contribution is 0.645. The number of hydrogen-bond acceptors (Lipinski definition) is 3. The first-order valence-corrected chi connectivity index (χ1v) is 13.6. The fraction of sp³-hybridized carbons (Fsp3) is 0. The van der Waals surface area contributed by atoms with Gasteiger partial charge in [-0.15, -0.1) is 0 Å². The lowest BCUT2D eigenvalue weighted by atomic mass is 10.2. The molecule has 0 aliphatic heterocycles. The van der Waals surface area contributed by atoms with Crippen LogP contribution in [0.4, 0.5) is 0 Å². The Morgan fingerprint density at radius 2 is 1.15 bits per heavy atom. The second-order valence-electron chi connectivity index (χ2n) is 10.4. The highest BCUT2D eigenvalue weighted by molar-refractivity contribution is 6.06. The number of benzene rings is 5. The number of imidazole rings is 4. The van der Waals surface area contributed by atoms with Crippen LogP contribution in [0.3, 0.4) is 0 Å². The largest absolute Gasteiger partial charge is 0.437 e. The first-order chi connectivity index (χ1) is 20.3. The highest BCUT2D eigenvalue weighted by atomic mass is 16.3. The van der Waals surface area contributed by atoms with Gasteiger partial charge in [-0.3, -0.25) is 13.4 Å². The van der Waals surface area contributed by atoms with Gasteiger partial charge in [-0.25, -0.2) is 14.5 Å². The summed E-state index contributed by atoms with van der Waals surface area (Å²) in [5, 5.41) is 1.06. The van der Waals surface area contributed by atoms with Crippen LogP contribution < -0.4 is 0 Å². The Bertz CT molecular complexity index is 2560. The zero-order valence-corrected chi connectivity index (χ0v) is 21.6. The molecule has 7 nitrogen and oxygen atoms in total. The molecule has 0 unspecified atom stereocenters. The lowest BCUT2D eigenvalue weighted by Crippen LogP contribution is -1.96. The standard InChI is InChI=1S/C34H20N6O/c1-2-10-21(11-3-1)37-28-19-18-22(20-29(28)39-26-15-7-5-13-24(26)35-33(37)39)38-32-31(23-12-4-9-17-30(23)41-32)40-27-16-8-6-14-25(27)36-34(38)40/h1-20H. The van der Waals surface area contributed by atoms with Crippen LogP contribution in [0.15, 0.2) is 126 Å². The fourth-order valence-corrected chi connectivity index (χ4v) is 6.45. The van der Waals surface area contributed by atoms with Crippen molar-refractivity contribution in [2.75, 3.05) is 0 Å². The third-order valence-electron chi connectivity index (χ3n) is 8.18. The summed E-state index contributed by atoms with van der Waals surface area (Å²) >= 11 is 0. The molecule has 5 aromatic carbocycles. The molecule has 0 aliphatic carbocycles. The normalized spacial score (nSPS) is 12.4. The number of hydrogen-bond donors (Lipinski definition) is 0. The zero-order chi connectivity index (χ0) is 26.7. The Balaban J connectivity index is 1.37. The molecule has 10 rings (SSSR count). The maximum absolute atomic E-state index is 6.54. The Hall–Kier alpha value is -5.82. The lowest BCUT2D eigenvalue weighted by Gasteiger charge is -2.07. The molecule has 41 heavy (non-hydrogen) atoms. The fourth-order valence-electron chi connectivity index (χ4n) is 6.45. The van der Waals surface area contributed by atoms with Crippen LogP contribution in [0.5, 0.6) is 0 Å². The molecule has 0 fully saturated rings. The Morgan fingerprint density at radius 3 is 1.95 bits per heavy atom. The molecule has 5 heterocycles. The molecular formula is C34H20N6O. The van der Waals surface area contributed by atoms with E-state index in [0.29, 0.717) is 0 Å². The minimum absolute atomic E-state index is 0.771. The van der Waals surface area contributed by atoms with Crippen molar-refractivity contribution in [3.05, 3.63) is 121 Å². The van der Waals surface area contributed by atoms with Crippen molar-refractivity contribution in [3.63, 3.8) is 0 Å². The van der Waals surface area contributed by atoms with E-state index in [1.165, 1.54) is 0 Å². The van der Waals surface area contributed by atoms with Crippen LogP contribution in [-0.4, -0.2) is 27.9 Å². The first-order valence-electron chi connectivity index (χ1n) is 13.6. The van der Waals surface area contributed by atoms with E-state index in [4.69, 9.17) is 14.4 Å². The van der Waals surface area contributed by atoms with Crippen LogP contribution >= 0.6 is 0 Å². The maximum Gasteiger partial charge on any atom is 0.232 e. The number of para-hydroxylation sites is 6. The van der Waals surface area contributed by atoms with Gasteiger partial charge in [0.05, 0.1) is 38.8 Å². The molecule has 192 valence electrons. The predicted octanol–water partition coefficient (Wildman–Crippen LogP) is 7.92. The van der Waals surface area contributed by atoms with Gasteiger partial charge >= 0.3 is 0 Å².